The number of nitrogens with one attached hydrogen (secondary N) is 1. The van der Waals surface area contributed by atoms with Gasteiger partial charge in [0, 0.05) is 0 Å². The lowest BCUT2D eigenvalue weighted by molar-refractivity contribution is -0.130. The molecule has 3 rings (SSSR count). The van der Waals surface area contributed by atoms with Crippen LogP contribution in [0.5, 0.6) is 5.75 Å². The zero-order chi connectivity index (χ0) is 12.4. The molecule has 1 heterocycles. The van der Waals surface area contributed by atoms with Crippen molar-refractivity contribution in [1.82, 2.24) is 0 Å². The first kappa shape index (κ1) is 10.6. The monoisotopic (exact) mass is 237 g/mol. The molecular weight excluding hydrogens is 226 g/mol. The van der Waals surface area contributed by atoms with E-state index in [1.807, 2.05) is 48.5 Å². The lowest BCUT2D eigenvalue weighted by Gasteiger charge is -2.19. The minimum absolute atomic E-state index is 0.363. The number of para-hydroxylation sites is 2. The highest BCUT2D eigenvalue weighted by molar-refractivity contribution is 6.01. The average molecular weight is 237 g/mol. The summed E-state index contributed by atoms with van der Waals surface area (Å²) in [7, 11) is 0. The fourth-order valence-electron chi connectivity index (χ4n) is 1.82. The summed E-state index contributed by atoms with van der Waals surface area (Å²) in [6, 6.07) is 17.0. The van der Waals surface area contributed by atoms with E-state index < -0.39 is 0 Å². The minimum atomic E-state index is -0.363. The van der Waals surface area contributed by atoms with Gasteiger partial charge in [-0.3, -0.25) is 0 Å². The zero-order valence-corrected chi connectivity index (χ0v) is 9.59. The second-order valence-corrected chi connectivity index (χ2v) is 3.98. The quantitative estimate of drug-likeness (QED) is 0.470. The second-order valence-electron chi connectivity index (χ2n) is 3.98. The maximum atomic E-state index is 11.8. The van der Waals surface area contributed by atoms with E-state index >= 15 is 0 Å². The van der Waals surface area contributed by atoms with Crippen LogP contribution in [0, 0.1) is 0 Å². The van der Waals surface area contributed by atoms with Gasteiger partial charge in [0.05, 0.1) is 5.69 Å². The fraction of sp³-hybridized carbons (Fsp3) is 0. The van der Waals surface area contributed by atoms with Crippen LogP contribution in [0.2, 0.25) is 0 Å². The minimum Gasteiger partial charge on any atom is -0.420 e. The highest BCUT2D eigenvalue weighted by Crippen LogP contribution is 2.30. The van der Waals surface area contributed by atoms with Crippen LogP contribution in [0.25, 0.3) is 6.08 Å². The van der Waals surface area contributed by atoms with Gasteiger partial charge in [0.15, 0.2) is 5.75 Å². The molecular formula is C15H11NO2. The number of carbonyl (C=O) groups excluding carboxylic acids is 1. The number of anilines is 1. The molecule has 0 saturated carbocycles. The molecule has 3 heteroatoms. The van der Waals surface area contributed by atoms with Crippen LogP contribution >= 0.6 is 0 Å². The Labute approximate surface area is 105 Å². The van der Waals surface area contributed by atoms with E-state index in [4.69, 9.17) is 4.74 Å². The summed E-state index contributed by atoms with van der Waals surface area (Å²) in [5, 5.41) is 3.08. The number of esters is 1. The van der Waals surface area contributed by atoms with Crippen LogP contribution in [0.15, 0.2) is 60.3 Å². The fourth-order valence-corrected chi connectivity index (χ4v) is 1.82. The third-order valence-corrected chi connectivity index (χ3v) is 2.69. The normalized spacial score (nSPS) is 15.8. The van der Waals surface area contributed by atoms with Crippen molar-refractivity contribution >= 4 is 17.7 Å². The Morgan fingerprint density at radius 3 is 2.50 bits per heavy atom. The highest BCUT2D eigenvalue weighted by atomic mass is 16.5. The number of ether oxygens (including phenoxy) is 1. The largest absolute Gasteiger partial charge is 0.420 e. The van der Waals surface area contributed by atoms with Gasteiger partial charge < -0.3 is 10.1 Å². The number of rotatable bonds is 1. The average Bonchev–Trinajstić information content (AvgIpc) is 2.41. The molecule has 1 aliphatic rings. The van der Waals surface area contributed by atoms with Crippen molar-refractivity contribution in [1.29, 1.82) is 0 Å². The molecule has 1 aliphatic heterocycles. The van der Waals surface area contributed by atoms with Crippen molar-refractivity contribution < 1.29 is 9.53 Å². The van der Waals surface area contributed by atoms with Crippen LogP contribution in [0.4, 0.5) is 5.69 Å². The Morgan fingerprint density at radius 1 is 0.944 bits per heavy atom. The molecule has 0 unspecified atom stereocenters. The molecule has 0 bridgehead atoms. The number of hydrogen-bond donors (Lipinski definition) is 1. The van der Waals surface area contributed by atoms with Gasteiger partial charge in [-0.1, -0.05) is 42.5 Å². The van der Waals surface area contributed by atoms with Gasteiger partial charge in [-0.2, -0.15) is 0 Å². The molecule has 0 saturated heterocycles. The molecule has 0 amide bonds. The summed E-state index contributed by atoms with van der Waals surface area (Å²) < 4.78 is 5.25. The lowest BCUT2D eigenvalue weighted by atomic mass is 10.1. The van der Waals surface area contributed by atoms with E-state index in [2.05, 4.69) is 5.32 Å². The van der Waals surface area contributed by atoms with E-state index in [-0.39, 0.29) is 5.97 Å². The predicted octanol–water partition coefficient (Wildman–Crippen LogP) is 3.06. The molecule has 1 N–H and O–H groups in total. The zero-order valence-electron chi connectivity index (χ0n) is 9.59. The van der Waals surface area contributed by atoms with Gasteiger partial charge >= 0.3 is 5.97 Å². The van der Waals surface area contributed by atoms with E-state index in [0.29, 0.717) is 11.4 Å². The maximum Gasteiger partial charge on any atom is 0.360 e. The molecule has 0 fully saturated rings. The van der Waals surface area contributed by atoms with Crippen molar-refractivity contribution in [2.45, 2.75) is 0 Å². The molecule has 3 nitrogen and oxygen atoms in total. The van der Waals surface area contributed by atoms with Gasteiger partial charge in [-0.25, -0.2) is 4.79 Å². The SMILES string of the molecule is O=C1Oc2ccccc2N/C1=C/c1ccccc1. The summed E-state index contributed by atoms with van der Waals surface area (Å²) >= 11 is 0. The number of fused-ring (bicyclic) bond motifs is 1. The third-order valence-electron chi connectivity index (χ3n) is 2.69. The van der Waals surface area contributed by atoms with Gasteiger partial charge in [-0.05, 0) is 23.8 Å². The van der Waals surface area contributed by atoms with Gasteiger partial charge in [-0.15, -0.1) is 0 Å². The first-order valence-corrected chi connectivity index (χ1v) is 5.68. The summed E-state index contributed by atoms with van der Waals surface area (Å²) in [4.78, 5) is 11.8. The second kappa shape index (κ2) is 4.37. The van der Waals surface area contributed by atoms with Crippen LogP contribution in [-0.2, 0) is 4.79 Å². The van der Waals surface area contributed by atoms with E-state index in [0.717, 1.165) is 11.3 Å². The van der Waals surface area contributed by atoms with Crippen LogP contribution in [0.1, 0.15) is 5.56 Å². The molecule has 18 heavy (non-hydrogen) atoms. The van der Waals surface area contributed by atoms with Gasteiger partial charge in [0.2, 0.25) is 0 Å². The first-order chi connectivity index (χ1) is 8.83. The van der Waals surface area contributed by atoms with Crippen molar-refractivity contribution in [2.75, 3.05) is 5.32 Å². The summed E-state index contributed by atoms with van der Waals surface area (Å²) in [6.45, 7) is 0. The molecule has 0 aromatic heterocycles. The third kappa shape index (κ3) is 1.98. The predicted molar refractivity (Wildman–Crippen MR) is 70.1 cm³/mol. The molecule has 0 spiro atoms. The molecule has 2 aromatic rings. The van der Waals surface area contributed by atoms with Crippen LogP contribution < -0.4 is 10.1 Å². The molecule has 2 aromatic carbocycles. The van der Waals surface area contributed by atoms with E-state index in [9.17, 15) is 4.79 Å². The molecule has 0 atom stereocenters. The summed E-state index contributed by atoms with van der Waals surface area (Å²) in [6.07, 6.45) is 1.78. The molecule has 0 radical (unpaired) electrons. The Balaban J connectivity index is 1.96. The van der Waals surface area contributed by atoms with Gasteiger partial charge in [0.25, 0.3) is 0 Å². The van der Waals surface area contributed by atoms with Crippen molar-refractivity contribution in [3.05, 3.63) is 65.9 Å². The topological polar surface area (TPSA) is 38.3 Å². The molecule has 0 aliphatic carbocycles. The number of hydrogen-bond acceptors (Lipinski definition) is 3. The van der Waals surface area contributed by atoms with Gasteiger partial charge in [0.1, 0.15) is 5.70 Å². The summed E-state index contributed by atoms with van der Waals surface area (Å²) in [5.41, 5.74) is 2.20. The number of benzene rings is 2. The Kier molecular flexibility index (Phi) is 2.57. The Morgan fingerprint density at radius 2 is 1.67 bits per heavy atom. The highest BCUT2D eigenvalue weighted by Gasteiger charge is 2.21. The maximum absolute atomic E-state index is 11.8. The lowest BCUT2D eigenvalue weighted by Crippen LogP contribution is -2.22. The Hall–Kier alpha value is -2.55. The smallest absolute Gasteiger partial charge is 0.360 e. The van der Waals surface area contributed by atoms with Crippen LogP contribution in [-0.4, -0.2) is 5.97 Å². The standard InChI is InChI=1S/C15H11NO2/c17-15-13(10-11-6-2-1-3-7-11)16-12-8-4-5-9-14(12)18-15/h1-10,16H/b13-10+. The van der Waals surface area contributed by atoms with Crippen LogP contribution in [0.3, 0.4) is 0 Å². The van der Waals surface area contributed by atoms with E-state index in [1.54, 1.807) is 12.1 Å². The first-order valence-electron chi connectivity index (χ1n) is 5.68. The van der Waals surface area contributed by atoms with E-state index in [1.165, 1.54) is 0 Å². The number of carbonyl (C=O) groups is 1. The van der Waals surface area contributed by atoms with Crippen molar-refractivity contribution in [3.63, 3.8) is 0 Å². The van der Waals surface area contributed by atoms with Crippen molar-refractivity contribution in [2.24, 2.45) is 0 Å². The summed E-state index contributed by atoms with van der Waals surface area (Å²) in [5.74, 6) is 0.199. The molecule has 88 valence electrons. The van der Waals surface area contributed by atoms with Crippen molar-refractivity contribution in [3.8, 4) is 5.75 Å². The Bertz CT molecular complexity index is 617.